The van der Waals surface area contributed by atoms with E-state index in [-0.39, 0.29) is 23.7 Å². The Bertz CT molecular complexity index is 1130. The van der Waals surface area contributed by atoms with Crippen LogP contribution in [0.5, 0.6) is 0 Å². The molecule has 1 aliphatic rings. The Kier molecular flexibility index (Phi) is 4.75. The Morgan fingerprint density at radius 2 is 2.03 bits per heavy atom. The van der Waals surface area contributed by atoms with Crippen LogP contribution in [0.25, 0.3) is 10.9 Å². The second-order valence-electron chi connectivity index (χ2n) is 7.13. The number of aromatic nitrogens is 1. The van der Waals surface area contributed by atoms with Gasteiger partial charge in [0.1, 0.15) is 0 Å². The maximum absolute atomic E-state index is 12.6. The zero-order valence-electron chi connectivity index (χ0n) is 15.9. The molecule has 0 fully saturated rings. The van der Waals surface area contributed by atoms with Gasteiger partial charge in [0.2, 0.25) is 5.91 Å². The zero-order chi connectivity index (χ0) is 20.5. The Hall–Kier alpha value is -3.68. The molecule has 0 bridgehead atoms. The molecule has 0 saturated carbocycles. The summed E-state index contributed by atoms with van der Waals surface area (Å²) < 4.78 is 0. The minimum absolute atomic E-state index is 0.119. The van der Waals surface area contributed by atoms with E-state index in [2.05, 4.69) is 10.3 Å². The van der Waals surface area contributed by atoms with Crippen molar-refractivity contribution in [3.8, 4) is 0 Å². The summed E-state index contributed by atoms with van der Waals surface area (Å²) in [7, 11) is 0. The summed E-state index contributed by atoms with van der Waals surface area (Å²) in [6, 6.07) is 12.3. The number of carbonyl (C=O) groups is 2. The highest BCUT2D eigenvalue weighted by Gasteiger charge is 2.24. The summed E-state index contributed by atoms with van der Waals surface area (Å²) >= 11 is 0. The smallest absolute Gasteiger partial charge is 0.273 e. The molecule has 0 radical (unpaired) electrons. The van der Waals surface area contributed by atoms with Crippen molar-refractivity contribution in [2.24, 2.45) is 0 Å². The van der Waals surface area contributed by atoms with Crippen LogP contribution in [0.1, 0.15) is 27.2 Å². The SMILES string of the molecule is Cc1ccc(C(=O)NCC(=O)N2CCc3[nH]c4ccccc4c3C2)cc1[N+](=O)[O-]. The van der Waals surface area contributed by atoms with Gasteiger partial charge in [-0.25, -0.2) is 0 Å². The number of amides is 2. The predicted molar refractivity (Wildman–Crippen MR) is 108 cm³/mol. The first-order chi connectivity index (χ1) is 13.9. The fourth-order valence-electron chi connectivity index (χ4n) is 3.70. The minimum Gasteiger partial charge on any atom is -0.358 e. The van der Waals surface area contributed by atoms with Crippen molar-refractivity contribution in [2.45, 2.75) is 19.9 Å². The number of nitro benzene ring substituents is 1. The van der Waals surface area contributed by atoms with Crippen molar-refractivity contribution >= 4 is 28.4 Å². The van der Waals surface area contributed by atoms with E-state index in [0.29, 0.717) is 18.7 Å². The lowest BCUT2D eigenvalue weighted by Crippen LogP contribution is -2.42. The van der Waals surface area contributed by atoms with Crippen LogP contribution >= 0.6 is 0 Å². The van der Waals surface area contributed by atoms with Gasteiger partial charge in [-0.15, -0.1) is 0 Å². The number of benzene rings is 2. The first-order valence-electron chi connectivity index (χ1n) is 9.33. The number of para-hydroxylation sites is 1. The van der Waals surface area contributed by atoms with Gasteiger partial charge in [-0.3, -0.25) is 19.7 Å². The number of carbonyl (C=O) groups excluding carboxylic acids is 2. The first-order valence-corrected chi connectivity index (χ1v) is 9.33. The van der Waals surface area contributed by atoms with Crippen molar-refractivity contribution in [3.63, 3.8) is 0 Å². The summed E-state index contributed by atoms with van der Waals surface area (Å²) in [6.07, 6.45) is 0.730. The van der Waals surface area contributed by atoms with Gasteiger partial charge in [0.25, 0.3) is 11.6 Å². The number of nitro groups is 1. The van der Waals surface area contributed by atoms with Crippen molar-refractivity contribution in [3.05, 3.63) is 75.0 Å². The van der Waals surface area contributed by atoms with E-state index >= 15 is 0 Å². The number of H-pyrrole nitrogens is 1. The molecule has 0 unspecified atom stereocenters. The number of hydrogen-bond acceptors (Lipinski definition) is 4. The normalized spacial score (nSPS) is 13.2. The van der Waals surface area contributed by atoms with Crippen molar-refractivity contribution in [1.29, 1.82) is 0 Å². The summed E-state index contributed by atoms with van der Waals surface area (Å²) in [4.78, 5) is 40.6. The number of hydrogen-bond donors (Lipinski definition) is 2. The fourth-order valence-corrected chi connectivity index (χ4v) is 3.70. The molecular formula is C21H20N4O4. The molecule has 148 valence electrons. The van der Waals surface area contributed by atoms with Crippen LogP contribution in [0, 0.1) is 17.0 Å². The van der Waals surface area contributed by atoms with Crippen LogP contribution in [-0.4, -0.2) is 39.7 Å². The van der Waals surface area contributed by atoms with Gasteiger partial charge < -0.3 is 15.2 Å². The summed E-state index contributed by atoms with van der Waals surface area (Å²) in [5.74, 6) is -0.692. The van der Waals surface area contributed by atoms with Gasteiger partial charge in [0, 0.05) is 58.9 Å². The highest BCUT2D eigenvalue weighted by atomic mass is 16.6. The van der Waals surface area contributed by atoms with Gasteiger partial charge in [-0.1, -0.05) is 24.3 Å². The number of fused-ring (bicyclic) bond motifs is 3. The van der Waals surface area contributed by atoms with E-state index in [9.17, 15) is 19.7 Å². The molecule has 0 spiro atoms. The molecule has 8 heteroatoms. The van der Waals surface area contributed by atoms with Crippen LogP contribution < -0.4 is 5.32 Å². The van der Waals surface area contributed by atoms with E-state index in [1.54, 1.807) is 11.8 Å². The average molecular weight is 392 g/mol. The summed E-state index contributed by atoms with van der Waals surface area (Å²) in [5, 5.41) is 14.7. The topological polar surface area (TPSA) is 108 Å². The van der Waals surface area contributed by atoms with E-state index in [4.69, 9.17) is 0 Å². The lowest BCUT2D eigenvalue weighted by molar-refractivity contribution is -0.385. The van der Waals surface area contributed by atoms with Gasteiger partial charge in [0.15, 0.2) is 0 Å². The van der Waals surface area contributed by atoms with Gasteiger partial charge in [-0.05, 0) is 19.1 Å². The van der Waals surface area contributed by atoms with E-state index < -0.39 is 10.8 Å². The quantitative estimate of drug-likeness (QED) is 0.526. The van der Waals surface area contributed by atoms with Crippen LogP contribution in [0.15, 0.2) is 42.5 Å². The third kappa shape index (κ3) is 3.56. The maximum Gasteiger partial charge on any atom is 0.273 e. The van der Waals surface area contributed by atoms with Gasteiger partial charge in [0.05, 0.1) is 11.5 Å². The molecule has 29 heavy (non-hydrogen) atoms. The molecule has 2 heterocycles. The molecule has 3 aromatic rings. The molecular weight excluding hydrogens is 372 g/mol. The molecule has 4 rings (SSSR count). The van der Waals surface area contributed by atoms with Crippen LogP contribution in [0.2, 0.25) is 0 Å². The number of aryl methyl sites for hydroxylation is 1. The Morgan fingerprint density at radius 3 is 2.83 bits per heavy atom. The first kappa shape index (κ1) is 18.7. The molecule has 2 amide bonds. The van der Waals surface area contributed by atoms with E-state index in [0.717, 1.165) is 28.6 Å². The third-order valence-corrected chi connectivity index (χ3v) is 5.30. The molecule has 0 atom stereocenters. The monoisotopic (exact) mass is 392 g/mol. The van der Waals surface area contributed by atoms with Crippen molar-refractivity contribution < 1.29 is 14.5 Å². The molecule has 0 aliphatic carbocycles. The van der Waals surface area contributed by atoms with E-state index in [1.807, 2.05) is 24.3 Å². The molecule has 2 N–H and O–H groups in total. The second kappa shape index (κ2) is 7.38. The molecule has 1 aromatic heterocycles. The molecule has 2 aromatic carbocycles. The molecule has 1 aliphatic heterocycles. The Balaban J connectivity index is 1.42. The second-order valence-corrected chi connectivity index (χ2v) is 7.13. The van der Waals surface area contributed by atoms with Crippen LogP contribution in [0.4, 0.5) is 5.69 Å². The van der Waals surface area contributed by atoms with E-state index in [1.165, 1.54) is 18.2 Å². The average Bonchev–Trinajstić information content (AvgIpc) is 3.09. The summed E-state index contributed by atoms with van der Waals surface area (Å²) in [5.41, 5.74) is 3.83. The molecule has 0 saturated heterocycles. The van der Waals surface area contributed by atoms with Crippen molar-refractivity contribution in [2.75, 3.05) is 13.1 Å². The predicted octanol–water partition coefficient (Wildman–Crippen LogP) is 2.70. The standard InChI is InChI=1S/C21H20N4O4/c1-13-6-7-14(10-19(13)25(28)29)21(27)22-11-20(26)24-9-8-18-16(12-24)15-4-2-3-5-17(15)23-18/h2-7,10,23H,8-9,11-12H2,1H3,(H,22,27). The minimum atomic E-state index is -0.524. The Labute approximate surface area is 166 Å². The lowest BCUT2D eigenvalue weighted by atomic mass is 10.0. The highest BCUT2D eigenvalue weighted by molar-refractivity contribution is 5.97. The van der Waals surface area contributed by atoms with Crippen LogP contribution in [-0.2, 0) is 17.8 Å². The molecule has 8 nitrogen and oxygen atoms in total. The number of nitrogens with one attached hydrogen (secondary N) is 2. The number of rotatable bonds is 4. The summed E-state index contributed by atoms with van der Waals surface area (Å²) in [6.45, 7) is 2.52. The van der Waals surface area contributed by atoms with Gasteiger partial charge >= 0.3 is 0 Å². The zero-order valence-corrected chi connectivity index (χ0v) is 15.9. The van der Waals surface area contributed by atoms with Gasteiger partial charge in [-0.2, -0.15) is 0 Å². The van der Waals surface area contributed by atoms with Crippen molar-refractivity contribution in [1.82, 2.24) is 15.2 Å². The number of nitrogens with zero attached hydrogens (tertiary/aromatic N) is 2. The third-order valence-electron chi connectivity index (χ3n) is 5.30. The maximum atomic E-state index is 12.6. The Morgan fingerprint density at radius 1 is 1.24 bits per heavy atom. The largest absolute Gasteiger partial charge is 0.358 e. The van der Waals surface area contributed by atoms with Crippen LogP contribution in [0.3, 0.4) is 0 Å². The number of aromatic amines is 1. The fraction of sp³-hybridized carbons (Fsp3) is 0.238. The highest BCUT2D eigenvalue weighted by Crippen LogP contribution is 2.27. The lowest BCUT2D eigenvalue weighted by Gasteiger charge is -2.27.